The molecule has 38 valence electrons. The van der Waals surface area contributed by atoms with Gasteiger partial charge in [0.1, 0.15) is 0 Å². The third-order valence-corrected chi connectivity index (χ3v) is 1.12. The highest BCUT2D eigenvalue weighted by atomic mass is 28.2. The van der Waals surface area contributed by atoms with E-state index in [0.29, 0.717) is 0 Å². The van der Waals surface area contributed by atoms with Crippen LogP contribution in [0.5, 0.6) is 0 Å². The van der Waals surface area contributed by atoms with Crippen LogP contribution in [0.15, 0.2) is 0 Å². The Bertz CT molecular complexity index is 28.7. The van der Waals surface area contributed by atoms with Crippen LogP contribution in [0, 0.1) is 0 Å². The predicted octanol–water partition coefficient (Wildman–Crippen LogP) is -0.391. The molecule has 0 aliphatic heterocycles. The van der Waals surface area contributed by atoms with Crippen molar-refractivity contribution in [1.82, 2.24) is 4.57 Å². The van der Waals surface area contributed by atoms with E-state index in [2.05, 4.69) is 18.5 Å². The Labute approximate surface area is 42.8 Å². The number of rotatable bonds is 2. The van der Waals surface area contributed by atoms with Gasteiger partial charge in [0.05, 0.1) is 10.4 Å². The van der Waals surface area contributed by atoms with Crippen LogP contribution < -0.4 is 0 Å². The van der Waals surface area contributed by atoms with Crippen molar-refractivity contribution in [2.24, 2.45) is 0 Å². The fourth-order valence-corrected chi connectivity index (χ4v) is 0.894. The van der Waals surface area contributed by atoms with Crippen LogP contribution in [-0.2, 0) is 0 Å². The minimum absolute atomic E-state index is 1.21. The molecule has 0 heterocycles. The summed E-state index contributed by atoms with van der Waals surface area (Å²) in [6.45, 7) is 3.47. The fraction of sp³-hybridized carbons (Fsp3) is 1.00. The summed E-state index contributed by atoms with van der Waals surface area (Å²) in [6, 6.07) is 0. The van der Waals surface area contributed by atoms with Crippen LogP contribution in [0.4, 0.5) is 0 Å². The first kappa shape index (κ1) is 6.18. The second kappa shape index (κ2) is 3.37. The summed E-state index contributed by atoms with van der Waals surface area (Å²) in [4.78, 5) is 0. The molecular weight excluding hydrogens is 90.1 g/mol. The van der Waals surface area contributed by atoms with E-state index in [1.54, 1.807) is 0 Å². The highest BCUT2D eigenvalue weighted by molar-refractivity contribution is 6.04. The maximum Gasteiger partial charge on any atom is 0.0781 e. The van der Waals surface area contributed by atoms with Gasteiger partial charge in [-0.3, -0.25) is 0 Å². The van der Waals surface area contributed by atoms with Gasteiger partial charge in [-0.05, 0) is 20.0 Å². The smallest absolute Gasteiger partial charge is 0.0781 e. The molecule has 0 atom stereocenters. The van der Waals surface area contributed by atoms with Crippen molar-refractivity contribution < 1.29 is 0 Å². The average molecular weight is 103 g/mol. The Balaban J connectivity index is 2.63. The molecule has 0 rings (SSSR count). The van der Waals surface area contributed by atoms with Gasteiger partial charge < -0.3 is 4.57 Å². The van der Waals surface area contributed by atoms with Gasteiger partial charge in [-0.15, -0.1) is 0 Å². The minimum Gasteiger partial charge on any atom is -0.335 e. The topological polar surface area (TPSA) is 3.24 Å². The standard InChI is InChI=1S/C4H13NSi/c1-3-4-5(2)6/h3-4H2,1-2,6H3. The van der Waals surface area contributed by atoms with Crippen molar-refractivity contribution in [3.8, 4) is 0 Å². The quantitative estimate of drug-likeness (QED) is 0.430. The molecule has 0 aromatic heterocycles. The van der Waals surface area contributed by atoms with Crippen LogP contribution in [0.1, 0.15) is 13.3 Å². The summed E-state index contributed by atoms with van der Waals surface area (Å²) < 4.78 is 2.32. The normalized spacial score (nSPS) is 10.5. The van der Waals surface area contributed by atoms with Crippen LogP contribution in [-0.4, -0.2) is 28.6 Å². The lowest BCUT2D eigenvalue weighted by Gasteiger charge is -2.04. The van der Waals surface area contributed by atoms with E-state index in [9.17, 15) is 0 Å². The molecule has 0 aliphatic rings. The van der Waals surface area contributed by atoms with Gasteiger partial charge in [-0.1, -0.05) is 6.92 Å². The number of nitrogens with zero attached hydrogens (tertiary/aromatic N) is 1. The monoisotopic (exact) mass is 103 g/mol. The third-order valence-electron chi connectivity index (χ3n) is 0.671. The Morgan fingerprint density at radius 2 is 2.17 bits per heavy atom. The molecule has 6 heavy (non-hydrogen) atoms. The molecule has 0 saturated heterocycles. The second-order valence-electron chi connectivity index (χ2n) is 1.80. The Kier molecular flexibility index (Phi) is 3.47. The lowest BCUT2D eigenvalue weighted by molar-refractivity contribution is 0.541. The molecule has 0 N–H and O–H groups in total. The molecule has 0 bridgehead atoms. The molecule has 0 spiro atoms. The zero-order valence-corrected chi connectivity index (χ0v) is 6.86. The van der Waals surface area contributed by atoms with E-state index in [1.807, 2.05) is 0 Å². The molecule has 1 nitrogen and oxygen atoms in total. The van der Waals surface area contributed by atoms with Crippen molar-refractivity contribution in [2.75, 3.05) is 13.6 Å². The highest BCUT2D eigenvalue weighted by Crippen LogP contribution is 1.75. The van der Waals surface area contributed by atoms with Crippen molar-refractivity contribution in [3.05, 3.63) is 0 Å². The van der Waals surface area contributed by atoms with Crippen LogP contribution in [0.2, 0.25) is 0 Å². The molecule has 2 heteroatoms. The molecular formula is C4H13NSi. The van der Waals surface area contributed by atoms with E-state index >= 15 is 0 Å². The van der Waals surface area contributed by atoms with Crippen molar-refractivity contribution >= 4 is 10.4 Å². The first-order valence-corrected chi connectivity index (χ1v) is 3.31. The van der Waals surface area contributed by atoms with Crippen molar-refractivity contribution in [1.29, 1.82) is 0 Å². The van der Waals surface area contributed by atoms with Gasteiger partial charge in [0.2, 0.25) is 0 Å². The highest BCUT2D eigenvalue weighted by Gasteiger charge is 1.79. The van der Waals surface area contributed by atoms with E-state index < -0.39 is 0 Å². The summed E-state index contributed by atoms with van der Waals surface area (Å²) in [7, 11) is 3.36. The van der Waals surface area contributed by atoms with Gasteiger partial charge in [0.25, 0.3) is 0 Å². The molecule has 0 saturated carbocycles. The van der Waals surface area contributed by atoms with Crippen LogP contribution in [0.25, 0.3) is 0 Å². The lowest BCUT2D eigenvalue weighted by atomic mass is 10.5. The number of hydrogen-bond acceptors (Lipinski definition) is 1. The van der Waals surface area contributed by atoms with Crippen LogP contribution in [0.3, 0.4) is 0 Å². The molecule has 0 fully saturated rings. The largest absolute Gasteiger partial charge is 0.335 e. The fourth-order valence-electron chi connectivity index (χ4n) is 0.447. The van der Waals surface area contributed by atoms with Gasteiger partial charge in [-0.25, -0.2) is 0 Å². The summed E-state index contributed by atoms with van der Waals surface area (Å²) in [5, 5.41) is 0. The first-order chi connectivity index (χ1) is 2.77. The maximum absolute atomic E-state index is 2.32. The van der Waals surface area contributed by atoms with Gasteiger partial charge >= 0.3 is 0 Å². The summed E-state index contributed by atoms with van der Waals surface area (Å²) in [5.41, 5.74) is 0. The van der Waals surface area contributed by atoms with Crippen LogP contribution >= 0.6 is 0 Å². The van der Waals surface area contributed by atoms with Gasteiger partial charge in [-0.2, -0.15) is 0 Å². The number of hydrogen-bond donors (Lipinski definition) is 0. The van der Waals surface area contributed by atoms with E-state index in [0.717, 1.165) is 0 Å². The molecule has 0 aromatic rings. The molecule has 0 aliphatic carbocycles. The Morgan fingerprint density at radius 1 is 1.67 bits per heavy atom. The summed E-state index contributed by atoms with van der Waals surface area (Å²) in [5.74, 6) is 0. The zero-order valence-electron chi connectivity index (χ0n) is 4.86. The van der Waals surface area contributed by atoms with Gasteiger partial charge in [0, 0.05) is 0 Å². The summed E-state index contributed by atoms with van der Waals surface area (Å²) in [6.07, 6.45) is 1.29. The Morgan fingerprint density at radius 3 is 2.17 bits per heavy atom. The second-order valence-corrected chi connectivity index (χ2v) is 3.33. The average Bonchev–Trinajstić information content (AvgIpc) is 1.35. The predicted molar refractivity (Wildman–Crippen MR) is 32.9 cm³/mol. The molecule has 0 unspecified atom stereocenters. The minimum atomic E-state index is 1.21. The van der Waals surface area contributed by atoms with E-state index in [1.165, 1.54) is 23.4 Å². The van der Waals surface area contributed by atoms with Crippen molar-refractivity contribution in [3.63, 3.8) is 0 Å². The SMILES string of the molecule is CCCN(C)[SiH3]. The third kappa shape index (κ3) is 4.18. The first-order valence-electron chi connectivity index (χ1n) is 2.42. The summed E-state index contributed by atoms with van der Waals surface area (Å²) >= 11 is 0. The maximum atomic E-state index is 2.32. The lowest BCUT2D eigenvalue weighted by Crippen LogP contribution is -2.13. The molecule has 0 aromatic carbocycles. The van der Waals surface area contributed by atoms with E-state index in [4.69, 9.17) is 0 Å². The van der Waals surface area contributed by atoms with Crippen molar-refractivity contribution in [2.45, 2.75) is 13.3 Å². The van der Waals surface area contributed by atoms with E-state index in [-0.39, 0.29) is 0 Å². The molecule has 0 radical (unpaired) electrons. The zero-order chi connectivity index (χ0) is 4.99. The van der Waals surface area contributed by atoms with Gasteiger partial charge in [0.15, 0.2) is 0 Å². The molecule has 0 amide bonds. The Hall–Kier alpha value is 0.177.